The van der Waals surface area contributed by atoms with Crippen molar-refractivity contribution in [2.45, 2.75) is 19.3 Å². The number of hydrogen-bond donors (Lipinski definition) is 2. The van der Waals surface area contributed by atoms with Gasteiger partial charge in [-0.05, 0) is 55.7 Å². The SMILES string of the molecule is COCCCNC(=O)c1cc(NC(=O)c2cc(Cl)cc(Cl)c2)ccc1N1CCCC1. The number of benzene rings is 2. The first-order valence-corrected chi connectivity index (χ1v) is 10.7. The first-order chi connectivity index (χ1) is 14.5. The fraction of sp³-hybridized carbons (Fsp3) is 0.364. The van der Waals surface area contributed by atoms with Gasteiger partial charge >= 0.3 is 0 Å². The lowest BCUT2D eigenvalue weighted by Gasteiger charge is -2.22. The van der Waals surface area contributed by atoms with E-state index in [-0.39, 0.29) is 11.8 Å². The molecule has 0 unspecified atom stereocenters. The molecule has 0 aromatic heterocycles. The number of ether oxygens (including phenoxy) is 1. The third kappa shape index (κ3) is 5.88. The van der Waals surface area contributed by atoms with E-state index in [4.69, 9.17) is 27.9 Å². The Bertz CT molecular complexity index is 894. The maximum Gasteiger partial charge on any atom is 0.255 e. The second-order valence-electron chi connectivity index (χ2n) is 7.14. The Labute approximate surface area is 186 Å². The third-order valence-electron chi connectivity index (χ3n) is 4.88. The lowest BCUT2D eigenvalue weighted by Crippen LogP contribution is -2.29. The van der Waals surface area contributed by atoms with Gasteiger partial charge in [-0.1, -0.05) is 23.2 Å². The number of anilines is 2. The molecule has 160 valence electrons. The molecule has 0 aliphatic carbocycles. The fourth-order valence-electron chi connectivity index (χ4n) is 3.43. The highest BCUT2D eigenvalue weighted by molar-refractivity contribution is 6.35. The van der Waals surface area contributed by atoms with E-state index >= 15 is 0 Å². The van der Waals surface area contributed by atoms with E-state index in [0.29, 0.717) is 40.0 Å². The summed E-state index contributed by atoms with van der Waals surface area (Å²) >= 11 is 12.0. The van der Waals surface area contributed by atoms with Crippen LogP contribution < -0.4 is 15.5 Å². The number of carbonyl (C=O) groups excluding carboxylic acids is 2. The van der Waals surface area contributed by atoms with Gasteiger partial charge in [0.2, 0.25) is 0 Å². The molecule has 3 rings (SSSR count). The molecule has 0 atom stereocenters. The van der Waals surface area contributed by atoms with Crippen molar-refractivity contribution in [2.24, 2.45) is 0 Å². The maximum absolute atomic E-state index is 12.9. The summed E-state index contributed by atoms with van der Waals surface area (Å²) in [5.41, 5.74) is 2.29. The molecule has 1 saturated heterocycles. The van der Waals surface area contributed by atoms with Gasteiger partial charge in [0.15, 0.2) is 0 Å². The van der Waals surface area contributed by atoms with E-state index in [1.54, 1.807) is 37.4 Å². The van der Waals surface area contributed by atoms with Crippen LogP contribution in [0.5, 0.6) is 0 Å². The van der Waals surface area contributed by atoms with Gasteiger partial charge in [0, 0.05) is 60.3 Å². The lowest BCUT2D eigenvalue weighted by molar-refractivity contribution is 0.0947. The molecule has 2 aromatic rings. The zero-order valence-electron chi connectivity index (χ0n) is 16.8. The van der Waals surface area contributed by atoms with Crippen LogP contribution in [-0.2, 0) is 4.74 Å². The lowest BCUT2D eigenvalue weighted by atomic mass is 10.1. The largest absolute Gasteiger partial charge is 0.385 e. The minimum Gasteiger partial charge on any atom is -0.385 e. The van der Waals surface area contributed by atoms with Gasteiger partial charge in [0.1, 0.15) is 0 Å². The Morgan fingerprint density at radius 2 is 1.73 bits per heavy atom. The number of hydrogen-bond acceptors (Lipinski definition) is 4. The van der Waals surface area contributed by atoms with Crippen LogP contribution in [0.4, 0.5) is 11.4 Å². The predicted molar refractivity (Wildman–Crippen MR) is 121 cm³/mol. The van der Waals surface area contributed by atoms with Gasteiger partial charge in [-0.2, -0.15) is 0 Å². The zero-order valence-corrected chi connectivity index (χ0v) is 18.4. The highest BCUT2D eigenvalue weighted by atomic mass is 35.5. The molecule has 2 N–H and O–H groups in total. The summed E-state index contributed by atoms with van der Waals surface area (Å²) in [6.45, 7) is 2.93. The first kappa shape index (κ1) is 22.4. The van der Waals surface area contributed by atoms with E-state index in [9.17, 15) is 9.59 Å². The third-order valence-corrected chi connectivity index (χ3v) is 5.32. The van der Waals surface area contributed by atoms with Gasteiger partial charge < -0.3 is 20.3 Å². The molecule has 0 bridgehead atoms. The summed E-state index contributed by atoms with van der Waals surface area (Å²) in [5.74, 6) is -0.519. The standard InChI is InChI=1S/C22H25Cl2N3O3/c1-30-10-4-7-25-22(29)19-14-18(5-6-20(19)27-8-2-3-9-27)26-21(28)15-11-16(23)13-17(24)12-15/h5-6,11-14H,2-4,7-10H2,1H3,(H,25,29)(H,26,28). The van der Waals surface area contributed by atoms with Crippen molar-refractivity contribution >= 4 is 46.4 Å². The average molecular weight is 450 g/mol. The normalized spacial score (nSPS) is 13.4. The topological polar surface area (TPSA) is 70.7 Å². The number of halogens is 2. The Balaban J connectivity index is 1.81. The number of nitrogens with one attached hydrogen (secondary N) is 2. The molecule has 1 aliphatic heterocycles. The van der Waals surface area contributed by atoms with Gasteiger partial charge in [0.05, 0.1) is 5.56 Å². The van der Waals surface area contributed by atoms with Crippen molar-refractivity contribution in [3.8, 4) is 0 Å². The number of nitrogens with zero attached hydrogens (tertiary/aromatic N) is 1. The first-order valence-electron chi connectivity index (χ1n) is 9.91. The van der Waals surface area contributed by atoms with Crippen molar-refractivity contribution in [3.05, 3.63) is 57.6 Å². The number of carbonyl (C=O) groups is 2. The molecule has 0 radical (unpaired) electrons. The van der Waals surface area contributed by atoms with Crippen LogP contribution in [0.25, 0.3) is 0 Å². The summed E-state index contributed by atoms with van der Waals surface area (Å²) in [6.07, 6.45) is 2.93. The molecule has 8 heteroatoms. The smallest absolute Gasteiger partial charge is 0.255 e. The molecular formula is C22H25Cl2N3O3. The van der Waals surface area contributed by atoms with E-state index in [2.05, 4.69) is 15.5 Å². The maximum atomic E-state index is 12.9. The van der Waals surface area contributed by atoms with Gasteiger partial charge in [-0.15, -0.1) is 0 Å². The Kier molecular flexibility index (Phi) is 7.96. The van der Waals surface area contributed by atoms with Gasteiger partial charge in [0.25, 0.3) is 11.8 Å². The number of amides is 2. The van der Waals surface area contributed by atoms with Crippen molar-refractivity contribution in [1.82, 2.24) is 5.32 Å². The van der Waals surface area contributed by atoms with E-state index < -0.39 is 0 Å². The van der Waals surface area contributed by atoms with Crippen LogP contribution in [0.2, 0.25) is 10.0 Å². The van der Waals surface area contributed by atoms with Crippen LogP contribution >= 0.6 is 23.2 Å². The van der Waals surface area contributed by atoms with Gasteiger partial charge in [-0.25, -0.2) is 0 Å². The zero-order chi connectivity index (χ0) is 21.5. The molecule has 2 amide bonds. The molecule has 1 fully saturated rings. The van der Waals surface area contributed by atoms with E-state index in [0.717, 1.165) is 38.0 Å². The van der Waals surface area contributed by atoms with Crippen LogP contribution in [0.15, 0.2) is 36.4 Å². The summed E-state index contributed by atoms with van der Waals surface area (Å²) in [6, 6.07) is 10.1. The number of rotatable bonds is 8. The molecule has 30 heavy (non-hydrogen) atoms. The minimum atomic E-state index is -0.347. The van der Waals surface area contributed by atoms with Crippen molar-refractivity contribution in [1.29, 1.82) is 0 Å². The summed E-state index contributed by atoms with van der Waals surface area (Å²) < 4.78 is 5.03. The average Bonchev–Trinajstić information content (AvgIpc) is 3.25. The highest BCUT2D eigenvalue weighted by Crippen LogP contribution is 2.28. The Morgan fingerprint density at radius 1 is 1.03 bits per heavy atom. The minimum absolute atomic E-state index is 0.171. The Morgan fingerprint density at radius 3 is 2.40 bits per heavy atom. The fourth-order valence-corrected chi connectivity index (χ4v) is 3.96. The predicted octanol–water partition coefficient (Wildman–Crippen LogP) is 4.61. The molecule has 2 aromatic carbocycles. The second kappa shape index (κ2) is 10.7. The van der Waals surface area contributed by atoms with Crippen molar-refractivity contribution in [3.63, 3.8) is 0 Å². The second-order valence-corrected chi connectivity index (χ2v) is 8.01. The molecular weight excluding hydrogens is 425 g/mol. The number of methoxy groups -OCH3 is 1. The molecule has 1 aliphatic rings. The van der Waals surface area contributed by atoms with E-state index in [1.807, 2.05) is 6.07 Å². The van der Waals surface area contributed by atoms with Crippen molar-refractivity contribution < 1.29 is 14.3 Å². The monoisotopic (exact) mass is 449 g/mol. The van der Waals surface area contributed by atoms with Crippen LogP contribution in [-0.4, -0.2) is 45.2 Å². The van der Waals surface area contributed by atoms with Crippen molar-refractivity contribution in [2.75, 3.05) is 43.6 Å². The molecule has 0 spiro atoms. The summed E-state index contributed by atoms with van der Waals surface area (Å²) in [7, 11) is 1.63. The van der Waals surface area contributed by atoms with Crippen LogP contribution in [0.3, 0.4) is 0 Å². The molecule has 6 nitrogen and oxygen atoms in total. The Hall–Kier alpha value is -2.28. The van der Waals surface area contributed by atoms with Crippen LogP contribution in [0, 0.1) is 0 Å². The molecule has 1 heterocycles. The highest BCUT2D eigenvalue weighted by Gasteiger charge is 2.20. The molecule has 0 saturated carbocycles. The van der Waals surface area contributed by atoms with Gasteiger partial charge in [-0.3, -0.25) is 9.59 Å². The van der Waals surface area contributed by atoms with E-state index in [1.165, 1.54) is 0 Å². The summed E-state index contributed by atoms with van der Waals surface area (Å²) in [4.78, 5) is 27.7. The summed E-state index contributed by atoms with van der Waals surface area (Å²) in [5, 5.41) is 6.52. The quantitative estimate of drug-likeness (QED) is 0.577. The van der Waals surface area contributed by atoms with Crippen LogP contribution in [0.1, 0.15) is 40.0 Å².